The molecule has 0 aliphatic carbocycles. The van der Waals surface area contributed by atoms with Gasteiger partial charge in [0.1, 0.15) is 0 Å². The van der Waals surface area contributed by atoms with E-state index in [1.54, 1.807) is 36.4 Å². The van der Waals surface area contributed by atoms with Crippen LogP contribution in [0.5, 0.6) is 0 Å². The molecule has 0 aliphatic rings. The van der Waals surface area contributed by atoms with Gasteiger partial charge in [0.05, 0.1) is 22.3 Å². The number of nitrogens with zero attached hydrogens (tertiary/aromatic N) is 2. The number of anilines is 3. The summed E-state index contributed by atoms with van der Waals surface area (Å²) in [5, 5.41) is 17.3. The number of carbonyl (C=O) groups is 1. The summed E-state index contributed by atoms with van der Waals surface area (Å²) in [6.07, 6.45) is 1.13. The molecule has 4 rings (SSSR count). The van der Waals surface area contributed by atoms with E-state index in [1.165, 1.54) is 12.1 Å². The maximum atomic E-state index is 12.5. The number of aromatic nitrogens is 2. The van der Waals surface area contributed by atoms with Crippen molar-refractivity contribution in [2.75, 3.05) is 10.6 Å². The van der Waals surface area contributed by atoms with Gasteiger partial charge in [0.15, 0.2) is 5.52 Å². The number of non-ortho nitro benzene ring substituents is 1. The number of aryl methyl sites for hydroxylation is 1. The molecule has 9 nitrogen and oxygen atoms in total. The fourth-order valence-electron chi connectivity index (χ4n) is 3.24. The van der Waals surface area contributed by atoms with Gasteiger partial charge in [-0.2, -0.15) is 0 Å². The lowest BCUT2D eigenvalue weighted by Gasteiger charge is -2.11. The van der Waals surface area contributed by atoms with Crippen LogP contribution in [-0.4, -0.2) is 20.8 Å². The lowest BCUT2D eigenvalue weighted by molar-refractivity contribution is -0.383. The molecule has 4 aromatic rings. The molecule has 154 valence electrons. The van der Waals surface area contributed by atoms with E-state index in [0.29, 0.717) is 22.6 Å². The molecular weight excluding hydrogens is 398 g/mol. The Balaban J connectivity index is 1.65. The van der Waals surface area contributed by atoms with E-state index in [-0.39, 0.29) is 22.5 Å². The van der Waals surface area contributed by atoms with Crippen LogP contribution in [0.25, 0.3) is 10.9 Å². The first-order chi connectivity index (χ1) is 14.9. The smallest absolute Gasteiger partial charge is 0.295 e. The van der Waals surface area contributed by atoms with Crippen LogP contribution in [0.2, 0.25) is 0 Å². The molecule has 9 heteroatoms. The second-order valence-corrected chi connectivity index (χ2v) is 6.87. The minimum Gasteiger partial charge on any atom is -0.355 e. The van der Waals surface area contributed by atoms with E-state index in [1.807, 2.05) is 19.1 Å². The summed E-state index contributed by atoms with van der Waals surface area (Å²) in [5.41, 5.74) is 2.24. The third-order valence-corrected chi connectivity index (χ3v) is 4.65. The molecule has 0 atom stereocenters. The summed E-state index contributed by atoms with van der Waals surface area (Å²) < 4.78 is 0. The van der Waals surface area contributed by atoms with E-state index in [2.05, 4.69) is 20.6 Å². The second-order valence-electron chi connectivity index (χ2n) is 6.87. The van der Waals surface area contributed by atoms with Gasteiger partial charge >= 0.3 is 0 Å². The number of amides is 1. The predicted octanol–water partition coefficient (Wildman–Crippen LogP) is 4.14. The number of carbonyl (C=O) groups excluding carboxylic acids is 1. The minimum atomic E-state index is -0.583. The van der Waals surface area contributed by atoms with Crippen molar-refractivity contribution in [1.82, 2.24) is 9.97 Å². The van der Waals surface area contributed by atoms with Gasteiger partial charge in [0, 0.05) is 23.0 Å². The Bertz CT molecular complexity index is 1380. The Hall–Kier alpha value is -4.53. The molecule has 0 saturated heterocycles. The van der Waals surface area contributed by atoms with Gasteiger partial charge in [-0.25, -0.2) is 4.98 Å². The molecule has 0 spiro atoms. The summed E-state index contributed by atoms with van der Waals surface area (Å²) in [4.78, 5) is 42.0. The van der Waals surface area contributed by atoms with E-state index in [4.69, 9.17) is 0 Å². The van der Waals surface area contributed by atoms with E-state index < -0.39 is 10.5 Å². The summed E-state index contributed by atoms with van der Waals surface area (Å²) >= 11 is 0. The van der Waals surface area contributed by atoms with Crippen molar-refractivity contribution >= 4 is 39.6 Å². The molecule has 1 heterocycles. The first-order valence-corrected chi connectivity index (χ1v) is 9.32. The second kappa shape index (κ2) is 8.07. The topological polar surface area (TPSA) is 130 Å². The highest BCUT2D eigenvalue weighted by Gasteiger charge is 2.18. The highest BCUT2D eigenvalue weighted by molar-refractivity contribution is 6.04. The number of hydrogen-bond donors (Lipinski definition) is 3. The number of hydrogen-bond acceptors (Lipinski definition) is 6. The average molecular weight is 415 g/mol. The summed E-state index contributed by atoms with van der Waals surface area (Å²) in [6, 6.07) is 16.9. The Morgan fingerprint density at radius 2 is 1.84 bits per heavy atom. The van der Waals surface area contributed by atoms with Crippen molar-refractivity contribution in [3.63, 3.8) is 0 Å². The molecule has 0 bridgehead atoms. The van der Waals surface area contributed by atoms with Crippen molar-refractivity contribution < 1.29 is 9.72 Å². The number of nitrogens with one attached hydrogen (secondary N) is 3. The van der Waals surface area contributed by atoms with Crippen molar-refractivity contribution in [2.45, 2.75) is 6.92 Å². The highest BCUT2D eigenvalue weighted by atomic mass is 16.6. The van der Waals surface area contributed by atoms with Crippen molar-refractivity contribution in [3.8, 4) is 0 Å². The van der Waals surface area contributed by atoms with Crippen molar-refractivity contribution in [3.05, 3.63) is 98.6 Å². The molecule has 1 amide bonds. The van der Waals surface area contributed by atoms with Crippen molar-refractivity contribution in [2.24, 2.45) is 0 Å². The Labute approximate surface area is 175 Å². The van der Waals surface area contributed by atoms with Crippen LogP contribution in [0, 0.1) is 17.0 Å². The van der Waals surface area contributed by atoms with E-state index >= 15 is 0 Å². The largest absolute Gasteiger partial charge is 0.355 e. The number of fused-ring (bicyclic) bond motifs is 1. The van der Waals surface area contributed by atoms with Crippen LogP contribution in [-0.2, 0) is 0 Å². The molecule has 0 unspecified atom stereocenters. The van der Waals surface area contributed by atoms with Gasteiger partial charge in [0.25, 0.3) is 17.2 Å². The fraction of sp³-hybridized carbons (Fsp3) is 0.0455. The van der Waals surface area contributed by atoms with Gasteiger partial charge in [-0.15, -0.1) is 0 Å². The summed E-state index contributed by atoms with van der Waals surface area (Å²) in [6.45, 7) is 1.91. The number of aromatic amines is 1. The quantitative estimate of drug-likeness (QED) is 0.332. The lowest BCUT2D eigenvalue weighted by Crippen LogP contribution is -2.12. The molecular formula is C22H17N5O4. The summed E-state index contributed by atoms with van der Waals surface area (Å²) in [7, 11) is 0. The highest BCUT2D eigenvalue weighted by Crippen LogP contribution is 2.30. The monoisotopic (exact) mass is 415 g/mol. The van der Waals surface area contributed by atoms with Crippen LogP contribution in [0.4, 0.5) is 22.7 Å². The van der Waals surface area contributed by atoms with Crippen LogP contribution in [0.1, 0.15) is 15.9 Å². The van der Waals surface area contributed by atoms with Gasteiger partial charge < -0.3 is 15.6 Å². The predicted molar refractivity (Wildman–Crippen MR) is 118 cm³/mol. The van der Waals surface area contributed by atoms with Crippen molar-refractivity contribution in [1.29, 1.82) is 0 Å². The molecule has 31 heavy (non-hydrogen) atoms. The molecule has 0 aliphatic heterocycles. The van der Waals surface area contributed by atoms with Crippen LogP contribution >= 0.6 is 0 Å². The third kappa shape index (κ3) is 4.10. The molecule has 3 N–H and O–H groups in total. The SMILES string of the molecule is Cc1cccc(C(=O)Nc2cccc(Nc3ccc([N+](=O)[O-])c4nc[nH]c(=O)c34)c2)c1. The van der Waals surface area contributed by atoms with Gasteiger partial charge in [0.2, 0.25) is 0 Å². The molecule has 0 fully saturated rings. The third-order valence-electron chi connectivity index (χ3n) is 4.65. The standard InChI is InChI=1S/C22H17N5O4/c1-13-4-2-5-14(10-13)21(28)26-16-7-3-6-15(11-16)25-17-8-9-18(27(30)31)20-19(17)22(29)24-12-23-20/h2-12,25H,1H3,(H,26,28)(H,23,24,29). The number of benzene rings is 3. The zero-order valence-corrected chi connectivity index (χ0v) is 16.4. The Kier molecular flexibility index (Phi) is 5.15. The first kappa shape index (κ1) is 19.8. The van der Waals surface area contributed by atoms with E-state index in [9.17, 15) is 19.7 Å². The normalized spacial score (nSPS) is 10.6. The lowest BCUT2D eigenvalue weighted by atomic mass is 10.1. The van der Waals surface area contributed by atoms with E-state index in [0.717, 1.165) is 11.9 Å². The minimum absolute atomic E-state index is 0.0114. The molecule has 1 aromatic heterocycles. The Morgan fingerprint density at radius 3 is 2.61 bits per heavy atom. The zero-order valence-electron chi connectivity index (χ0n) is 16.4. The average Bonchev–Trinajstić information content (AvgIpc) is 2.74. The maximum absolute atomic E-state index is 12.5. The van der Waals surface area contributed by atoms with Crippen LogP contribution in [0.3, 0.4) is 0 Å². The Morgan fingerprint density at radius 1 is 1.06 bits per heavy atom. The number of H-pyrrole nitrogens is 1. The number of rotatable bonds is 5. The van der Waals surface area contributed by atoms with Crippen LogP contribution in [0.15, 0.2) is 71.8 Å². The summed E-state index contributed by atoms with van der Waals surface area (Å²) in [5.74, 6) is -0.248. The molecule has 0 saturated carbocycles. The number of nitro groups is 1. The van der Waals surface area contributed by atoms with Crippen LogP contribution < -0.4 is 16.2 Å². The first-order valence-electron chi connectivity index (χ1n) is 9.32. The number of nitro benzene ring substituents is 1. The molecule has 0 radical (unpaired) electrons. The maximum Gasteiger partial charge on any atom is 0.295 e. The fourth-order valence-corrected chi connectivity index (χ4v) is 3.24. The zero-order chi connectivity index (χ0) is 22.0. The van der Waals surface area contributed by atoms with Gasteiger partial charge in [-0.05, 0) is 43.3 Å². The molecule has 3 aromatic carbocycles. The van der Waals surface area contributed by atoms with Gasteiger partial charge in [-0.1, -0.05) is 23.8 Å². The van der Waals surface area contributed by atoms with Gasteiger partial charge in [-0.3, -0.25) is 19.7 Å².